The molecule has 0 bridgehead atoms. The molecule has 2 fully saturated rings. The Bertz CT molecular complexity index is 196. The molecular formula is C15H28O. The second-order valence-corrected chi connectivity index (χ2v) is 6.34. The topological polar surface area (TPSA) is 20.2 Å². The van der Waals surface area contributed by atoms with Crippen molar-refractivity contribution in [3.05, 3.63) is 0 Å². The fourth-order valence-corrected chi connectivity index (χ4v) is 3.79. The Hall–Kier alpha value is -0.0400. The maximum Gasteiger partial charge on any atom is 0.0571 e. The molecule has 0 radical (unpaired) electrons. The molecule has 1 nitrogen and oxygen atoms in total. The molecule has 1 N–H and O–H groups in total. The van der Waals surface area contributed by atoms with Crippen LogP contribution in [0, 0.1) is 17.8 Å². The van der Waals surface area contributed by atoms with Crippen LogP contribution in [0.5, 0.6) is 0 Å². The fraction of sp³-hybridized carbons (Fsp3) is 1.00. The molecule has 94 valence electrons. The van der Waals surface area contributed by atoms with Gasteiger partial charge in [-0.15, -0.1) is 0 Å². The van der Waals surface area contributed by atoms with Gasteiger partial charge in [0.05, 0.1) is 6.10 Å². The number of aliphatic hydroxyl groups excluding tert-OH is 1. The van der Waals surface area contributed by atoms with Crippen LogP contribution in [0.1, 0.15) is 71.1 Å². The Morgan fingerprint density at radius 1 is 1.00 bits per heavy atom. The van der Waals surface area contributed by atoms with E-state index in [0.29, 0.717) is 5.92 Å². The maximum absolute atomic E-state index is 10.3. The maximum atomic E-state index is 10.3. The van der Waals surface area contributed by atoms with Crippen molar-refractivity contribution in [1.29, 1.82) is 0 Å². The van der Waals surface area contributed by atoms with Gasteiger partial charge in [0.25, 0.3) is 0 Å². The van der Waals surface area contributed by atoms with Crippen molar-refractivity contribution in [3.63, 3.8) is 0 Å². The van der Waals surface area contributed by atoms with Crippen LogP contribution in [0.2, 0.25) is 0 Å². The molecule has 0 spiro atoms. The monoisotopic (exact) mass is 224 g/mol. The van der Waals surface area contributed by atoms with Gasteiger partial charge in [-0.1, -0.05) is 51.9 Å². The summed E-state index contributed by atoms with van der Waals surface area (Å²) in [6.45, 7) is 2.35. The molecule has 0 aromatic heterocycles. The van der Waals surface area contributed by atoms with Crippen molar-refractivity contribution in [1.82, 2.24) is 0 Å². The third-order valence-corrected chi connectivity index (χ3v) is 4.82. The minimum absolute atomic E-state index is 0.00542. The van der Waals surface area contributed by atoms with Gasteiger partial charge in [-0.05, 0) is 37.0 Å². The standard InChI is InChI=1S/C15H28O/c1-12-6-5-9-14(10-12)15(16)11-13-7-3-2-4-8-13/h12-16H,2-11H2,1H3. The first-order valence-corrected chi connectivity index (χ1v) is 7.43. The summed E-state index contributed by atoms with van der Waals surface area (Å²) in [6, 6.07) is 0. The van der Waals surface area contributed by atoms with Gasteiger partial charge in [0.2, 0.25) is 0 Å². The van der Waals surface area contributed by atoms with E-state index >= 15 is 0 Å². The van der Waals surface area contributed by atoms with Gasteiger partial charge < -0.3 is 5.11 Å². The molecule has 3 atom stereocenters. The quantitative estimate of drug-likeness (QED) is 0.763. The van der Waals surface area contributed by atoms with Crippen LogP contribution in [-0.2, 0) is 0 Å². The third kappa shape index (κ3) is 3.48. The number of rotatable bonds is 3. The van der Waals surface area contributed by atoms with E-state index in [1.807, 2.05) is 0 Å². The minimum atomic E-state index is 0.00542. The van der Waals surface area contributed by atoms with Gasteiger partial charge in [-0.25, -0.2) is 0 Å². The van der Waals surface area contributed by atoms with Crippen molar-refractivity contribution >= 4 is 0 Å². The molecule has 2 saturated carbocycles. The van der Waals surface area contributed by atoms with E-state index in [-0.39, 0.29) is 6.10 Å². The van der Waals surface area contributed by atoms with Gasteiger partial charge in [0, 0.05) is 0 Å². The first-order chi connectivity index (χ1) is 7.75. The summed E-state index contributed by atoms with van der Waals surface area (Å²) < 4.78 is 0. The minimum Gasteiger partial charge on any atom is -0.393 e. The van der Waals surface area contributed by atoms with Crippen molar-refractivity contribution in [2.45, 2.75) is 77.2 Å². The molecule has 2 rings (SSSR count). The highest BCUT2D eigenvalue weighted by atomic mass is 16.3. The van der Waals surface area contributed by atoms with Gasteiger partial charge in [0.1, 0.15) is 0 Å². The third-order valence-electron chi connectivity index (χ3n) is 4.82. The second kappa shape index (κ2) is 6.05. The van der Waals surface area contributed by atoms with Crippen molar-refractivity contribution in [2.24, 2.45) is 17.8 Å². The zero-order valence-electron chi connectivity index (χ0n) is 10.8. The normalized spacial score (nSPS) is 34.9. The summed E-state index contributed by atoms with van der Waals surface area (Å²) in [5.41, 5.74) is 0. The van der Waals surface area contributed by atoms with Crippen molar-refractivity contribution in [2.75, 3.05) is 0 Å². The first kappa shape index (κ1) is 12.4. The van der Waals surface area contributed by atoms with E-state index in [1.165, 1.54) is 57.8 Å². The van der Waals surface area contributed by atoms with Crippen LogP contribution in [0.25, 0.3) is 0 Å². The lowest BCUT2D eigenvalue weighted by Gasteiger charge is -2.33. The van der Waals surface area contributed by atoms with Crippen molar-refractivity contribution < 1.29 is 5.11 Å². The molecule has 16 heavy (non-hydrogen) atoms. The largest absolute Gasteiger partial charge is 0.393 e. The van der Waals surface area contributed by atoms with Gasteiger partial charge in [-0.3, -0.25) is 0 Å². The van der Waals surface area contributed by atoms with E-state index in [2.05, 4.69) is 6.92 Å². The zero-order chi connectivity index (χ0) is 11.4. The molecule has 1 heteroatoms. The molecule has 2 aliphatic carbocycles. The molecule has 0 aliphatic heterocycles. The molecule has 0 aromatic rings. The summed E-state index contributed by atoms with van der Waals surface area (Å²) in [4.78, 5) is 0. The van der Waals surface area contributed by atoms with Crippen LogP contribution >= 0.6 is 0 Å². The Morgan fingerprint density at radius 3 is 2.44 bits per heavy atom. The number of aliphatic hydroxyl groups is 1. The Morgan fingerprint density at radius 2 is 1.75 bits per heavy atom. The molecular weight excluding hydrogens is 196 g/mol. The smallest absolute Gasteiger partial charge is 0.0571 e. The first-order valence-electron chi connectivity index (χ1n) is 7.43. The predicted molar refractivity (Wildman–Crippen MR) is 68.3 cm³/mol. The van der Waals surface area contributed by atoms with Crippen LogP contribution in [-0.4, -0.2) is 11.2 Å². The highest BCUT2D eigenvalue weighted by Gasteiger charge is 2.27. The van der Waals surface area contributed by atoms with Crippen LogP contribution in [0.3, 0.4) is 0 Å². The van der Waals surface area contributed by atoms with Gasteiger partial charge >= 0.3 is 0 Å². The summed E-state index contributed by atoms with van der Waals surface area (Å²) in [6.07, 6.45) is 13.3. The van der Waals surface area contributed by atoms with Crippen LogP contribution < -0.4 is 0 Å². The highest BCUT2D eigenvalue weighted by molar-refractivity contribution is 4.79. The number of hydrogen-bond donors (Lipinski definition) is 1. The van der Waals surface area contributed by atoms with Crippen LogP contribution in [0.4, 0.5) is 0 Å². The van der Waals surface area contributed by atoms with E-state index in [0.717, 1.165) is 18.3 Å². The van der Waals surface area contributed by atoms with Crippen LogP contribution in [0.15, 0.2) is 0 Å². The average molecular weight is 224 g/mol. The Kier molecular flexibility index (Phi) is 4.69. The molecule has 0 heterocycles. The van der Waals surface area contributed by atoms with Gasteiger partial charge in [-0.2, -0.15) is 0 Å². The van der Waals surface area contributed by atoms with E-state index in [1.54, 1.807) is 0 Å². The van der Waals surface area contributed by atoms with E-state index in [9.17, 15) is 5.11 Å². The lowest BCUT2D eigenvalue weighted by molar-refractivity contribution is 0.0460. The lowest BCUT2D eigenvalue weighted by atomic mass is 9.76. The predicted octanol–water partition coefficient (Wildman–Crippen LogP) is 4.14. The zero-order valence-corrected chi connectivity index (χ0v) is 10.8. The van der Waals surface area contributed by atoms with Crippen molar-refractivity contribution in [3.8, 4) is 0 Å². The SMILES string of the molecule is CC1CCCC(C(O)CC2CCCCC2)C1. The highest BCUT2D eigenvalue weighted by Crippen LogP contribution is 2.35. The molecule has 3 unspecified atom stereocenters. The number of hydrogen-bond acceptors (Lipinski definition) is 1. The Balaban J connectivity index is 1.75. The summed E-state index contributed by atoms with van der Waals surface area (Å²) in [5.74, 6) is 2.30. The second-order valence-electron chi connectivity index (χ2n) is 6.34. The van der Waals surface area contributed by atoms with E-state index in [4.69, 9.17) is 0 Å². The summed E-state index contributed by atoms with van der Waals surface area (Å²) in [7, 11) is 0. The Labute approximate surface area is 101 Å². The molecule has 0 saturated heterocycles. The van der Waals surface area contributed by atoms with Gasteiger partial charge in [0.15, 0.2) is 0 Å². The average Bonchev–Trinajstić information content (AvgIpc) is 2.30. The molecule has 0 amide bonds. The van der Waals surface area contributed by atoms with E-state index < -0.39 is 0 Å². The summed E-state index contributed by atoms with van der Waals surface area (Å²) >= 11 is 0. The fourth-order valence-electron chi connectivity index (χ4n) is 3.79. The summed E-state index contributed by atoms with van der Waals surface area (Å²) in [5, 5.41) is 10.3. The lowest BCUT2D eigenvalue weighted by Crippen LogP contribution is -2.28. The molecule has 2 aliphatic rings. The molecule has 0 aromatic carbocycles.